The van der Waals surface area contributed by atoms with E-state index in [2.05, 4.69) is 54.7 Å². The molecule has 0 radical (unpaired) electrons. The summed E-state index contributed by atoms with van der Waals surface area (Å²) in [5.41, 5.74) is 1.37. The van der Waals surface area contributed by atoms with Crippen molar-refractivity contribution in [1.29, 1.82) is 0 Å². The van der Waals surface area contributed by atoms with Gasteiger partial charge in [-0.15, -0.1) is 0 Å². The molecule has 2 aromatic rings. The Morgan fingerprint density at radius 2 is 2.10 bits per heavy atom. The van der Waals surface area contributed by atoms with Gasteiger partial charge in [0.15, 0.2) is 0 Å². The number of pyridine rings is 1. The second kappa shape index (κ2) is 5.92. The predicted octanol–water partition coefficient (Wildman–Crippen LogP) is 4.32. The first kappa shape index (κ1) is 13.6. The van der Waals surface area contributed by atoms with Crippen LogP contribution in [0.25, 0.3) is 10.8 Å². The van der Waals surface area contributed by atoms with Gasteiger partial charge in [-0.05, 0) is 42.7 Å². The molecule has 1 heterocycles. The average molecular weight is 268 g/mol. The lowest BCUT2D eigenvalue weighted by atomic mass is 9.89. The van der Waals surface area contributed by atoms with Crippen molar-refractivity contribution in [3.63, 3.8) is 0 Å². The number of nitrogens with one attached hydrogen (secondary N) is 1. The summed E-state index contributed by atoms with van der Waals surface area (Å²) in [6.07, 6.45) is 9.43. The summed E-state index contributed by atoms with van der Waals surface area (Å²) in [6, 6.07) is 9.03. The molecule has 20 heavy (non-hydrogen) atoms. The van der Waals surface area contributed by atoms with Crippen LogP contribution in [0.15, 0.2) is 36.7 Å². The third-order valence-electron chi connectivity index (χ3n) is 4.98. The minimum Gasteiger partial charge on any atom is -0.313 e. The molecule has 3 unspecified atom stereocenters. The van der Waals surface area contributed by atoms with Gasteiger partial charge in [0.05, 0.1) is 0 Å². The first-order chi connectivity index (χ1) is 9.83. The summed E-state index contributed by atoms with van der Waals surface area (Å²) < 4.78 is 0. The lowest BCUT2D eigenvalue weighted by Crippen LogP contribution is -2.24. The fourth-order valence-electron chi connectivity index (χ4n) is 3.82. The average Bonchev–Trinajstić information content (AvgIpc) is 2.97. The van der Waals surface area contributed by atoms with E-state index in [4.69, 9.17) is 0 Å². The van der Waals surface area contributed by atoms with Gasteiger partial charge in [-0.25, -0.2) is 0 Å². The quantitative estimate of drug-likeness (QED) is 0.893. The highest BCUT2D eigenvalue weighted by Crippen LogP contribution is 2.41. The number of fused-ring (bicyclic) bond motifs is 1. The van der Waals surface area contributed by atoms with Crippen LogP contribution in [0.2, 0.25) is 0 Å². The van der Waals surface area contributed by atoms with E-state index in [1.807, 2.05) is 6.20 Å². The third kappa shape index (κ3) is 2.45. The lowest BCUT2D eigenvalue weighted by molar-refractivity contribution is 0.374. The summed E-state index contributed by atoms with van der Waals surface area (Å²) in [4.78, 5) is 4.45. The number of rotatable bonds is 4. The van der Waals surface area contributed by atoms with E-state index in [1.165, 1.54) is 42.0 Å². The van der Waals surface area contributed by atoms with Gasteiger partial charge in [-0.1, -0.05) is 44.0 Å². The Labute approximate surface area is 121 Å². The van der Waals surface area contributed by atoms with Crippen molar-refractivity contribution in [2.75, 3.05) is 7.05 Å². The Morgan fingerprint density at radius 3 is 2.85 bits per heavy atom. The van der Waals surface area contributed by atoms with Crippen molar-refractivity contribution >= 4 is 10.8 Å². The molecule has 0 bridgehead atoms. The standard InChI is InChI=1S/C18H24N2/c1-3-13-8-9-14(10-13)18(19-2)17-12-20-11-15-6-4-5-7-16(15)17/h4-7,11-14,18-19H,3,8-10H2,1-2H3. The first-order valence-corrected chi connectivity index (χ1v) is 7.83. The van der Waals surface area contributed by atoms with E-state index in [-0.39, 0.29) is 0 Å². The Balaban J connectivity index is 1.95. The van der Waals surface area contributed by atoms with Crippen molar-refractivity contribution < 1.29 is 0 Å². The second-order valence-corrected chi connectivity index (χ2v) is 6.06. The second-order valence-electron chi connectivity index (χ2n) is 6.06. The minimum absolute atomic E-state index is 0.435. The lowest BCUT2D eigenvalue weighted by Gasteiger charge is -2.25. The van der Waals surface area contributed by atoms with E-state index in [1.54, 1.807) is 0 Å². The molecule has 0 aliphatic heterocycles. The number of benzene rings is 1. The SMILES string of the molecule is CCC1CCC(C(NC)c2cncc3ccccc23)C1. The highest BCUT2D eigenvalue weighted by Gasteiger charge is 2.30. The Morgan fingerprint density at radius 1 is 1.25 bits per heavy atom. The van der Waals surface area contributed by atoms with Gasteiger partial charge in [0, 0.05) is 23.8 Å². The summed E-state index contributed by atoms with van der Waals surface area (Å²) >= 11 is 0. The topological polar surface area (TPSA) is 24.9 Å². The first-order valence-electron chi connectivity index (χ1n) is 7.83. The van der Waals surface area contributed by atoms with E-state index in [0.29, 0.717) is 6.04 Å². The molecule has 1 aliphatic carbocycles. The van der Waals surface area contributed by atoms with Crippen LogP contribution in [-0.4, -0.2) is 12.0 Å². The van der Waals surface area contributed by atoms with Crippen molar-refractivity contribution in [1.82, 2.24) is 10.3 Å². The van der Waals surface area contributed by atoms with Crippen LogP contribution >= 0.6 is 0 Å². The molecule has 2 heteroatoms. The van der Waals surface area contributed by atoms with Crippen molar-refractivity contribution in [2.24, 2.45) is 11.8 Å². The molecular formula is C18H24N2. The normalized spacial score (nSPS) is 24.1. The molecule has 0 spiro atoms. The van der Waals surface area contributed by atoms with Gasteiger partial charge in [-0.3, -0.25) is 4.98 Å². The summed E-state index contributed by atoms with van der Waals surface area (Å²) in [5, 5.41) is 6.15. The Bertz CT molecular complexity index is 573. The van der Waals surface area contributed by atoms with Crippen molar-refractivity contribution in [3.05, 3.63) is 42.2 Å². The fraction of sp³-hybridized carbons (Fsp3) is 0.500. The van der Waals surface area contributed by atoms with Crippen LogP contribution in [0.5, 0.6) is 0 Å². The van der Waals surface area contributed by atoms with Gasteiger partial charge in [0.2, 0.25) is 0 Å². The van der Waals surface area contributed by atoms with E-state index in [9.17, 15) is 0 Å². The Kier molecular flexibility index (Phi) is 4.02. The van der Waals surface area contributed by atoms with Crippen LogP contribution in [0.4, 0.5) is 0 Å². The van der Waals surface area contributed by atoms with E-state index >= 15 is 0 Å². The van der Waals surface area contributed by atoms with Crippen molar-refractivity contribution in [2.45, 2.75) is 38.6 Å². The predicted molar refractivity (Wildman–Crippen MR) is 84.7 cm³/mol. The number of nitrogens with zero attached hydrogens (tertiary/aromatic N) is 1. The number of hydrogen-bond donors (Lipinski definition) is 1. The molecule has 1 aliphatic rings. The highest BCUT2D eigenvalue weighted by atomic mass is 14.9. The molecule has 106 valence electrons. The molecule has 1 aromatic heterocycles. The molecule has 0 saturated heterocycles. The maximum atomic E-state index is 4.45. The molecular weight excluding hydrogens is 244 g/mol. The van der Waals surface area contributed by atoms with Crippen LogP contribution in [-0.2, 0) is 0 Å². The minimum atomic E-state index is 0.435. The zero-order chi connectivity index (χ0) is 13.9. The highest BCUT2D eigenvalue weighted by molar-refractivity contribution is 5.85. The molecule has 1 N–H and O–H groups in total. The maximum absolute atomic E-state index is 4.45. The van der Waals surface area contributed by atoms with Crippen LogP contribution in [0, 0.1) is 11.8 Å². The van der Waals surface area contributed by atoms with Gasteiger partial charge in [0.25, 0.3) is 0 Å². The third-order valence-corrected chi connectivity index (χ3v) is 4.98. The molecule has 1 fully saturated rings. The largest absolute Gasteiger partial charge is 0.313 e. The van der Waals surface area contributed by atoms with E-state index < -0.39 is 0 Å². The molecule has 3 rings (SSSR count). The molecule has 1 saturated carbocycles. The maximum Gasteiger partial charge on any atom is 0.0367 e. The summed E-state index contributed by atoms with van der Waals surface area (Å²) in [7, 11) is 2.09. The summed E-state index contributed by atoms with van der Waals surface area (Å²) in [6.45, 7) is 2.32. The number of aromatic nitrogens is 1. The molecule has 0 amide bonds. The van der Waals surface area contributed by atoms with Gasteiger partial charge in [-0.2, -0.15) is 0 Å². The van der Waals surface area contributed by atoms with Crippen LogP contribution in [0.1, 0.15) is 44.2 Å². The van der Waals surface area contributed by atoms with Crippen LogP contribution in [0.3, 0.4) is 0 Å². The fourth-order valence-corrected chi connectivity index (χ4v) is 3.82. The Hall–Kier alpha value is -1.41. The molecule has 1 aromatic carbocycles. The number of hydrogen-bond acceptors (Lipinski definition) is 2. The van der Waals surface area contributed by atoms with Gasteiger partial charge < -0.3 is 5.32 Å². The monoisotopic (exact) mass is 268 g/mol. The zero-order valence-corrected chi connectivity index (χ0v) is 12.5. The van der Waals surface area contributed by atoms with Gasteiger partial charge >= 0.3 is 0 Å². The van der Waals surface area contributed by atoms with Crippen LogP contribution < -0.4 is 5.32 Å². The summed E-state index contributed by atoms with van der Waals surface area (Å²) in [5.74, 6) is 1.66. The van der Waals surface area contributed by atoms with E-state index in [0.717, 1.165) is 11.8 Å². The molecule has 3 atom stereocenters. The smallest absolute Gasteiger partial charge is 0.0367 e. The zero-order valence-electron chi connectivity index (χ0n) is 12.5. The van der Waals surface area contributed by atoms with Crippen molar-refractivity contribution in [3.8, 4) is 0 Å². The van der Waals surface area contributed by atoms with Gasteiger partial charge in [0.1, 0.15) is 0 Å². The molecule has 2 nitrogen and oxygen atoms in total.